The summed E-state index contributed by atoms with van der Waals surface area (Å²) in [6.07, 6.45) is 7.97. The van der Waals surface area contributed by atoms with Crippen LogP contribution >= 0.6 is 0 Å². The molecule has 0 radical (unpaired) electrons. The van der Waals surface area contributed by atoms with Gasteiger partial charge >= 0.3 is 6.03 Å². The molecule has 1 aliphatic carbocycles. The van der Waals surface area contributed by atoms with Gasteiger partial charge in [0, 0.05) is 43.3 Å². The Morgan fingerprint density at radius 1 is 1.07 bits per heavy atom. The molecular weight excluding hydrogens is 376 g/mol. The third-order valence-corrected chi connectivity index (χ3v) is 6.46. The van der Waals surface area contributed by atoms with Crippen molar-refractivity contribution in [3.8, 4) is 0 Å². The average Bonchev–Trinajstić information content (AvgIpc) is 2.75. The fourth-order valence-corrected chi connectivity index (χ4v) is 4.64. The van der Waals surface area contributed by atoms with Gasteiger partial charge in [0.05, 0.1) is 0 Å². The number of nitrogens with one attached hydrogen (secondary N) is 2. The van der Waals surface area contributed by atoms with E-state index < -0.39 is 0 Å². The molecule has 1 aromatic rings. The molecule has 6 nitrogen and oxygen atoms in total. The third-order valence-electron chi connectivity index (χ3n) is 6.46. The van der Waals surface area contributed by atoms with Crippen LogP contribution in [0.3, 0.4) is 0 Å². The topological polar surface area (TPSA) is 64.7 Å². The number of rotatable bonds is 6. The van der Waals surface area contributed by atoms with Crippen molar-refractivity contribution in [2.24, 2.45) is 5.92 Å². The second-order valence-electron chi connectivity index (χ2n) is 9.22. The number of nitrogens with zero attached hydrogens (tertiary/aromatic N) is 2. The smallest absolute Gasteiger partial charge is 0.321 e. The number of amides is 3. The lowest BCUT2D eigenvalue weighted by Crippen LogP contribution is -2.45. The maximum Gasteiger partial charge on any atom is 0.321 e. The predicted molar refractivity (Wildman–Crippen MR) is 121 cm³/mol. The lowest BCUT2D eigenvalue weighted by Gasteiger charge is -2.33. The highest BCUT2D eigenvalue weighted by atomic mass is 16.2. The van der Waals surface area contributed by atoms with Crippen LogP contribution in [0.4, 0.5) is 10.5 Å². The molecule has 0 spiro atoms. The summed E-state index contributed by atoms with van der Waals surface area (Å²) in [5.41, 5.74) is 2.05. The van der Waals surface area contributed by atoms with Crippen LogP contribution in [0.15, 0.2) is 24.3 Å². The summed E-state index contributed by atoms with van der Waals surface area (Å²) in [6, 6.07) is 8.84. The molecule has 2 fully saturated rings. The standard InChI is InChI=1S/C24H38N4O2/c1-18(2)25-23(29)19-13-15-28(16-14-19)24(30)26-22-12-8-7-9-20(22)17-27(3)21-10-5-4-6-11-21/h7-9,12,18-19,21H,4-6,10-11,13-17H2,1-3H3,(H,25,29)(H,26,30). The van der Waals surface area contributed by atoms with Crippen LogP contribution in [0.1, 0.15) is 64.4 Å². The maximum atomic E-state index is 12.9. The van der Waals surface area contributed by atoms with Crippen LogP contribution < -0.4 is 10.6 Å². The highest BCUT2D eigenvalue weighted by Crippen LogP contribution is 2.25. The first kappa shape index (κ1) is 22.6. The molecule has 2 aliphatic rings. The number of hydrogen-bond donors (Lipinski definition) is 2. The van der Waals surface area contributed by atoms with Gasteiger partial charge in [-0.15, -0.1) is 0 Å². The minimum atomic E-state index is -0.0644. The monoisotopic (exact) mass is 414 g/mol. The molecule has 2 N–H and O–H groups in total. The Morgan fingerprint density at radius 2 is 1.73 bits per heavy atom. The minimum absolute atomic E-state index is 0.00730. The molecule has 1 saturated heterocycles. The molecule has 1 saturated carbocycles. The maximum absolute atomic E-state index is 12.9. The Morgan fingerprint density at radius 3 is 2.40 bits per heavy atom. The molecule has 0 atom stereocenters. The number of para-hydroxylation sites is 1. The summed E-state index contributed by atoms with van der Waals surface area (Å²) in [7, 11) is 2.20. The molecule has 30 heavy (non-hydrogen) atoms. The van der Waals surface area contributed by atoms with Gasteiger partial charge in [0.25, 0.3) is 0 Å². The lowest BCUT2D eigenvalue weighted by molar-refractivity contribution is -0.126. The zero-order valence-electron chi connectivity index (χ0n) is 18.8. The Labute approximate surface area is 181 Å². The highest BCUT2D eigenvalue weighted by Gasteiger charge is 2.28. The zero-order chi connectivity index (χ0) is 21.5. The summed E-state index contributed by atoms with van der Waals surface area (Å²) in [5, 5.41) is 6.11. The normalized spacial score (nSPS) is 18.6. The number of carbonyl (C=O) groups excluding carboxylic acids is 2. The van der Waals surface area contributed by atoms with Crippen molar-refractivity contribution in [3.05, 3.63) is 29.8 Å². The van der Waals surface area contributed by atoms with Crippen molar-refractivity contribution < 1.29 is 9.59 Å². The van der Waals surface area contributed by atoms with E-state index in [0.717, 1.165) is 30.6 Å². The number of piperidine rings is 1. The number of carbonyl (C=O) groups is 2. The minimum Gasteiger partial charge on any atom is -0.354 e. The third kappa shape index (κ3) is 6.21. The first-order valence-corrected chi connectivity index (χ1v) is 11.6. The van der Waals surface area contributed by atoms with Gasteiger partial charge in [-0.25, -0.2) is 4.79 Å². The van der Waals surface area contributed by atoms with E-state index in [-0.39, 0.29) is 23.9 Å². The van der Waals surface area contributed by atoms with Crippen LogP contribution in [0.2, 0.25) is 0 Å². The van der Waals surface area contributed by atoms with Crippen LogP contribution in [0, 0.1) is 5.92 Å². The molecule has 0 aromatic heterocycles. The molecule has 3 rings (SSSR count). The number of hydrogen-bond acceptors (Lipinski definition) is 3. The summed E-state index contributed by atoms with van der Waals surface area (Å²) in [5.74, 6) is 0.119. The second-order valence-corrected chi connectivity index (χ2v) is 9.22. The van der Waals surface area contributed by atoms with Crippen LogP contribution in [0.5, 0.6) is 0 Å². The fourth-order valence-electron chi connectivity index (χ4n) is 4.64. The molecular formula is C24H38N4O2. The molecule has 0 bridgehead atoms. The summed E-state index contributed by atoms with van der Waals surface area (Å²) in [6.45, 7) is 6.03. The van der Waals surface area contributed by atoms with E-state index in [0.29, 0.717) is 19.1 Å². The summed E-state index contributed by atoms with van der Waals surface area (Å²) in [4.78, 5) is 29.3. The van der Waals surface area contributed by atoms with Crippen molar-refractivity contribution in [1.29, 1.82) is 0 Å². The molecule has 6 heteroatoms. The van der Waals surface area contributed by atoms with E-state index in [4.69, 9.17) is 0 Å². The summed E-state index contributed by atoms with van der Waals surface area (Å²) < 4.78 is 0. The molecule has 1 aliphatic heterocycles. The van der Waals surface area contributed by atoms with Gasteiger partial charge in [-0.3, -0.25) is 9.69 Å². The molecule has 3 amide bonds. The van der Waals surface area contributed by atoms with Gasteiger partial charge in [0.2, 0.25) is 5.91 Å². The number of anilines is 1. The van der Waals surface area contributed by atoms with Gasteiger partial charge in [-0.05, 0) is 58.2 Å². The quantitative estimate of drug-likeness (QED) is 0.732. The van der Waals surface area contributed by atoms with Gasteiger partial charge in [0.1, 0.15) is 0 Å². The summed E-state index contributed by atoms with van der Waals surface area (Å²) >= 11 is 0. The van der Waals surface area contributed by atoms with Crippen molar-refractivity contribution in [2.45, 2.75) is 77.4 Å². The molecule has 1 aromatic carbocycles. The van der Waals surface area contributed by atoms with Crippen molar-refractivity contribution >= 4 is 17.6 Å². The molecule has 1 heterocycles. The van der Waals surface area contributed by atoms with Gasteiger partial charge in [-0.2, -0.15) is 0 Å². The van der Waals surface area contributed by atoms with E-state index in [1.165, 1.54) is 32.1 Å². The van der Waals surface area contributed by atoms with Gasteiger partial charge < -0.3 is 15.5 Å². The Hall–Kier alpha value is -2.08. The number of urea groups is 1. The van der Waals surface area contributed by atoms with Crippen molar-refractivity contribution in [3.63, 3.8) is 0 Å². The SMILES string of the molecule is CC(C)NC(=O)C1CCN(C(=O)Nc2ccccc2CN(C)C2CCCCC2)CC1. The van der Waals surface area contributed by atoms with E-state index >= 15 is 0 Å². The zero-order valence-corrected chi connectivity index (χ0v) is 18.8. The average molecular weight is 415 g/mol. The first-order valence-electron chi connectivity index (χ1n) is 11.6. The van der Waals surface area contributed by atoms with E-state index in [1.54, 1.807) is 0 Å². The van der Waals surface area contributed by atoms with Crippen LogP contribution in [-0.4, -0.2) is 54.0 Å². The van der Waals surface area contributed by atoms with E-state index in [1.807, 2.05) is 36.9 Å². The fraction of sp³-hybridized carbons (Fsp3) is 0.667. The largest absolute Gasteiger partial charge is 0.354 e. The first-order chi connectivity index (χ1) is 14.4. The van der Waals surface area contributed by atoms with Crippen LogP contribution in [-0.2, 0) is 11.3 Å². The van der Waals surface area contributed by atoms with Gasteiger partial charge in [0.15, 0.2) is 0 Å². The lowest BCUT2D eigenvalue weighted by atomic mass is 9.94. The Kier molecular flexibility index (Phi) is 8.14. The highest BCUT2D eigenvalue weighted by molar-refractivity contribution is 5.90. The second kappa shape index (κ2) is 10.8. The predicted octanol–water partition coefficient (Wildman–Crippen LogP) is 4.22. The van der Waals surface area contributed by atoms with E-state index in [2.05, 4.69) is 28.6 Å². The number of benzene rings is 1. The molecule has 166 valence electrons. The number of likely N-dealkylation sites (tertiary alicyclic amines) is 1. The van der Waals surface area contributed by atoms with E-state index in [9.17, 15) is 9.59 Å². The van der Waals surface area contributed by atoms with Crippen molar-refractivity contribution in [1.82, 2.24) is 15.1 Å². The molecule has 0 unspecified atom stereocenters. The Bertz CT molecular complexity index is 707. The van der Waals surface area contributed by atoms with Crippen LogP contribution in [0.25, 0.3) is 0 Å². The Balaban J connectivity index is 1.54. The van der Waals surface area contributed by atoms with Crippen molar-refractivity contribution in [2.75, 3.05) is 25.5 Å². The van der Waals surface area contributed by atoms with Gasteiger partial charge in [-0.1, -0.05) is 37.5 Å².